The average molecular weight is 572 g/mol. The molecule has 0 radical (unpaired) electrons. The van der Waals surface area contributed by atoms with E-state index in [1.54, 1.807) is 6.92 Å². The van der Waals surface area contributed by atoms with E-state index < -0.39 is 0 Å². The van der Waals surface area contributed by atoms with Crippen molar-refractivity contribution in [3.63, 3.8) is 0 Å². The molecule has 0 saturated heterocycles. The number of hydrogen-bond donors (Lipinski definition) is 0. The molecule has 5 heteroatoms. The van der Waals surface area contributed by atoms with Gasteiger partial charge in [-0.25, -0.2) is 0 Å². The van der Waals surface area contributed by atoms with Gasteiger partial charge in [-0.3, -0.25) is 9.69 Å². The molecule has 234 valence electrons. The third-order valence-corrected chi connectivity index (χ3v) is 7.81. The van der Waals surface area contributed by atoms with Crippen LogP contribution in [0, 0.1) is 0 Å². The van der Waals surface area contributed by atoms with Crippen molar-refractivity contribution in [1.82, 2.24) is 4.90 Å². The van der Waals surface area contributed by atoms with Crippen LogP contribution in [0.4, 0.5) is 0 Å². The van der Waals surface area contributed by atoms with Gasteiger partial charge in [-0.1, -0.05) is 38.8 Å². The second-order valence-electron chi connectivity index (χ2n) is 12.5. The molecule has 0 amide bonds. The quantitative estimate of drug-likeness (QED) is 0.0855. The first kappa shape index (κ1) is 36.9. The fourth-order valence-electron chi connectivity index (χ4n) is 5.78. The Balaban J connectivity index is 0.00000411. The Labute approximate surface area is 252 Å². The van der Waals surface area contributed by atoms with E-state index in [1.165, 1.54) is 5.57 Å². The van der Waals surface area contributed by atoms with Crippen LogP contribution in [0.1, 0.15) is 157 Å². The van der Waals surface area contributed by atoms with Crippen LogP contribution < -0.4 is 9.47 Å². The molecule has 5 nitrogen and oxygen atoms in total. The lowest BCUT2D eigenvalue weighted by Crippen LogP contribution is -2.37. The van der Waals surface area contributed by atoms with Gasteiger partial charge in [0.15, 0.2) is 0 Å². The number of carbonyl (C=O) groups is 2. The lowest BCUT2D eigenvalue weighted by atomic mass is 9.82. The Hall–Kier alpha value is -2.14. The molecular formula is C36H61NO4. The minimum atomic E-state index is -0.173. The summed E-state index contributed by atoms with van der Waals surface area (Å²) in [6.45, 7) is 23.8. The van der Waals surface area contributed by atoms with Gasteiger partial charge in [0.05, 0.1) is 6.10 Å². The lowest BCUT2D eigenvalue weighted by Gasteiger charge is -2.30. The van der Waals surface area contributed by atoms with Gasteiger partial charge in [-0.15, -0.1) is 0 Å². The first-order valence-corrected chi connectivity index (χ1v) is 16.3. The fourth-order valence-corrected chi connectivity index (χ4v) is 5.78. The van der Waals surface area contributed by atoms with E-state index in [1.807, 2.05) is 13.8 Å². The first-order chi connectivity index (χ1) is 19.4. The molecule has 0 aliphatic heterocycles. The molecule has 0 heterocycles. The Morgan fingerprint density at radius 1 is 0.927 bits per heavy atom. The van der Waals surface area contributed by atoms with Crippen molar-refractivity contribution in [2.75, 3.05) is 6.54 Å². The predicted molar refractivity (Wildman–Crippen MR) is 173 cm³/mol. The van der Waals surface area contributed by atoms with Gasteiger partial charge in [-0.2, -0.15) is 0 Å². The van der Waals surface area contributed by atoms with Crippen molar-refractivity contribution in [2.45, 2.75) is 164 Å². The van der Waals surface area contributed by atoms with Crippen molar-refractivity contribution >= 4 is 11.8 Å². The molecule has 0 aromatic heterocycles. The van der Waals surface area contributed by atoms with Gasteiger partial charge < -0.3 is 14.3 Å². The fraction of sp³-hybridized carbons (Fsp3) is 0.722. The highest BCUT2D eigenvalue weighted by Crippen LogP contribution is 2.45. The summed E-state index contributed by atoms with van der Waals surface area (Å²) in [6, 6.07) is 5.16. The van der Waals surface area contributed by atoms with Gasteiger partial charge in [-0.05, 0) is 130 Å². The number of esters is 1. The smallest absolute Gasteiger partial charge is 0.311 e. The topological polar surface area (TPSA) is 55.8 Å². The van der Waals surface area contributed by atoms with E-state index in [-0.39, 0.29) is 29.7 Å². The summed E-state index contributed by atoms with van der Waals surface area (Å²) in [5, 5.41) is 0. The molecular weight excluding hydrogens is 510 g/mol. The zero-order valence-electron chi connectivity index (χ0n) is 28.3. The van der Waals surface area contributed by atoms with Crippen LogP contribution in [-0.4, -0.2) is 41.4 Å². The van der Waals surface area contributed by atoms with E-state index in [2.05, 4.69) is 78.5 Å². The third-order valence-electron chi connectivity index (χ3n) is 7.81. The van der Waals surface area contributed by atoms with Crippen LogP contribution >= 0.6 is 0 Å². The number of carbonyl (C=O) groups excluding carboxylic acids is 2. The zero-order chi connectivity index (χ0) is 31.1. The summed E-state index contributed by atoms with van der Waals surface area (Å²) in [5.41, 5.74) is 3.56. The van der Waals surface area contributed by atoms with E-state index in [4.69, 9.17) is 9.47 Å². The van der Waals surface area contributed by atoms with Crippen LogP contribution in [0.5, 0.6) is 11.5 Å². The molecule has 0 spiro atoms. The van der Waals surface area contributed by atoms with Crippen molar-refractivity contribution in [2.24, 2.45) is 0 Å². The number of unbranched alkanes of at least 4 members (excludes halogenated alkanes) is 1. The maximum Gasteiger partial charge on any atom is 0.311 e. The molecule has 2 unspecified atom stereocenters. The number of benzene rings is 1. The molecule has 0 fully saturated rings. The maximum absolute atomic E-state index is 13.2. The SMILES string of the molecule is CC.CC(=O)CCCCC(C)c1cc(OC(=O)CCCN(C(C)C)C(C)C)c(C2CCC=C(C)C2)c(OC(C)C)c1. The Morgan fingerprint density at radius 2 is 1.56 bits per heavy atom. The van der Waals surface area contributed by atoms with E-state index in [0.29, 0.717) is 30.7 Å². The van der Waals surface area contributed by atoms with Crippen LogP contribution in [0.25, 0.3) is 0 Å². The van der Waals surface area contributed by atoms with Gasteiger partial charge in [0.25, 0.3) is 0 Å². The third kappa shape index (κ3) is 13.1. The molecule has 0 bridgehead atoms. The van der Waals surface area contributed by atoms with Gasteiger partial charge in [0, 0.05) is 30.5 Å². The van der Waals surface area contributed by atoms with Crippen molar-refractivity contribution in [3.05, 3.63) is 34.9 Å². The van der Waals surface area contributed by atoms with Crippen LogP contribution in [0.3, 0.4) is 0 Å². The second kappa shape index (κ2) is 19.1. The monoisotopic (exact) mass is 571 g/mol. The molecule has 41 heavy (non-hydrogen) atoms. The maximum atomic E-state index is 13.2. The summed E-state index contributed by atoms with van der Waals surface area (Å²) in [4.78, 5) is 27.0. The summed E-state index contributed by atoms with van der Waals surface area (Å²) >= 11 is 0. The molecule has 0 N–H and O–H groups in total. The first-order valence-electron chi connectivity index (χ1n) is 16.3. The number of nitrogens with zero attached hydrogens (tertiary/aromatic N) is 1. The lowest BCUT2D eigenvalue weighted by molar-refractivity contribution is -0.134. The number of rotatable bonds is 16. The molecule has 1 aliphatic carbocycles. The Morgan fingerprint density at radius 3 is 2.12 bits per heavy atom. The molecule has 1 aromatic rings. The molecule has 1 aromatic carbocycles. The van der Waals surface area contributed by atoms with Crippen molar-refractivity contribution in [3.8, 4) is 11.5 Å². The second-order valence-corrected chi connectivity index (χ2v) is 12.5. The summed E-state index contributed by atoms with van der Waals surface area (Å²) < 4.78 is 12.6. The van der Waals surface area contributed by atoms with E-state index >= 15 is 0 Å². The zero-order valence-corrected chi connectivity index (χ0v) is 28.3. The standard InChI is InChI=1S/C34H55NO4.C2H6/c1-23(2)35(24(3)4)19-13-18-33(37)39-32-22-30(27(8)15-10-11-16-28(9)36)21-31(38-25(5)6)34(32)29-17-12-14-26(7)20-29;1-2/h14,21-25,27,29H,10-13,15-20H2,1-9H3;1-2H3. The van der Waals surface area contributed by atoms with Crippen molar-refractivity contribution < 1.29 is 19.1 Å². The van der Waals surface area contributed by atoms with Gasteiger partial charge in [0.2, 0.25) is 0 Å². The Kier molecular flexibility index (Phi) is 17.2. The molecule has 2 rings (SSSR count). The van der Waals surface area contributed by atoms with Crippen LogP contribution in [0.2, 0.25) is 0 Å². The van der Waals surface area contributed by atoms with E-state index in [9.17, 15) is 9.59 Å². The van der Waals surface area contributed by atoms with Gasteiger partial charge in [0.1, 0.15) is 17.3 Å². The predicted octanol–water partition coefficient (Wildman–Crippen LogP) is 9.77. The minimum Gasteiger partial charge on any atom is -0.491 e. The summed E-state index contributed by atoms with van der Waals surface area (Å²) in [7, 11) is 0. The van der Waals surface area contributed by atoms with E-state index in [0.717, 1.165) is 68.4 Å². The van der Waals surface area contributed by atoms with Crippen LogP contribution in [-0.2, 0) is 9.59 Å². The number of ketones is 1. The van der Waals surface area contributed by atoms with Gasteiger partial charge >= 0.3 is 5.97 Å². The average Bonchev–Trinajstić information content (AvgIpc) is 2.89. The number of hydrogen-bond acceptors (Lipinski definition) is 5. The highest BCUT2D eigenvalue weighted by Gasteiger charge is 2.27. The highest BCUT2D eigenvalue weighted by atomic mass is 16.5. The number of allylic oxidation sites excluding steroid dienone is 2. The van der Waals surface area contributed by atoms with Crippen molar-refractivity contribution in [1.29, 1.82) is 0 Å². The number of Topliss-reactive ketones (excluding diaryl/α,β-unsaturated/α-hetero) is 1. The minimum absolute atomic E-state index is 0.0201. The summed E-state index contributed by atoms with van der Waals surface area (Å²) in [5.74, 6) is 2.14. The highest BCUT2D eigenvalue weighted by molar-refractivity contribution is 5.75. The Bertz CT molecular complexity index is 955. The largest absolute Gasteiger partial charge is 0.491 e. The summed E-state index contributed by atoms with van der Waals surface area (Å²) in [6.07, 6.45) is 10.0. The normalized spacial score (nSPS) is 16.0. The number of ether oxygens (including phenoxy) is 2. The van der Waals surface area contributed by atoms with Crippen LogP contribution in [0.15, 0.2) is 23.8 Å². The molecule has 1 aliphatic rings. The molecule has 2 atom stereocenters. The molecule has 0 saturated carbocycles.